The first kappa shape index (κ1) is 11.5. The number of rotatable bonds is 6. The lowest BCUT2D eigenvalue weighted by Gasteiger charge is -2.04. The Morgan fingerprint density at radius 1 is 1.67 bits per heavy atom. The van der Waals surface area contributed by atoms with Crippen LogP contribution in [0.15, 0.2) is 12.4 Å². The van der Waals surface area contributed by atoms with Gasteiger partial charge < -0.3 is 14.8 Å². The summed E-state index contributed by atoms with van der Waals surface area (Å²) >= 11 is 0. The predicted octanol–water partition coefficient (Wildman–Crippen LogP) is -0.439. The molecule has 84 valence electrons. The summed E-state index contributed by atoms with van der Waals surface area (Å²) in [5.41, 5.74) is 0. The van der Waals surface area contributed by atoms with Gasteiger partial charge in [0.25, 0.3) is 5.91 Å². The number of methoxy groups -OCH3 is 1. The standard InChI is InChI=1S/C9H15N3O3/c1-12-6-8(5-11-12)15-7-9(13)10-3-4-14-2/h5-6H,3-4,7H2,1-2H3,(H,10,13). The van der Waals surface area contributed by atoms with Gasteiger partial charge in [0.1, 0.15) is 0 Å². The zero-order chi connectivity index (χ0) is 11.1. The van der Waals surface area contributed by atoms with Crippen LogP contribution in [0.5, 0.6) is 5.75 Å². The maximum Gasteiger partial charge on any atom is 0.258 e. The predicted molar refractivity (Wildman–Crippen MR) is 53.6 cm³/mol. The molecule has 1 N–H and O–H groups in total. The van der Waals surface area contributed by atoms with Gasteiger partial charge in [0.15, 0.2) is 12.4 Å². The molecule has 1 heterocycles. The Hall–Kier alpha value is -1.56. The normalized spacial score (nSPS) is 10.0. The first-order valence-electron chi connectivity index (χ1n) is 4.59. The summed E-state index contributed by atoms with van der Waals surface area (Å²) in [4.78, 5) is 11.2. The summed E-state index contributed by atoms with van der Waals surface area (Å²) in [6.45, 7) is 0.986. The molecule has 0 aliphatic carbocycles. The third kappa shape index (κ3) is 4.46. The largest absolute Gasteiger partial charge is 0.480 e. The summed E-state index contributed by atoms with van der Waals surface area (Å²) in [7, 11) is 3.36. The molecule has 0 spiro atoms. The van der Waals surface area contributed by atoms with Gasteiger partial charge in [0.05, 0.1) is 19.0 Å². The van der Waals surface area contributed by atoms with Crippen molar-refractivity contribution in [2.45, 2.75) is 0 Å². The van der Waals surface area contributed by atoms with Crippen LogP contribution < -0.4 is 10.1 Å². The van der Waals surface area contributed by atoms with Crippen LogP contribution in [0.4, 0.5) is 0 Å². The third-order valence-electron chi connectivity index (χ3n) is 1.68. The zero-order valence-electron chi connectivity index (χ0n) is 8.90. The first-order valence-corrected chi connectivity index (χ1v) is 4.59. The van der Waals surface area contributed by atoms with Crippen molar-refractivity contribution in [2.24, 2.45) is 7.05 Å². The second-order valence-corrected chi connectivity index (χ2v) is 2.98. The molecule has 1 amide bonds. The van der Waals surface area contributed by atoms with E-state index in [4.69, 9.17) is 9.47 Å². The minimum absolute atomic E-state index is 0.00456. The maximum atomic E-state index is 11.2. The number of hydrogen-bond donors (Lipinski definition) is 1. The molecular formula is C9H15N3O3. The summed E-state index contributed by atoms with van der Waals surface area (Å²) in [5, 5.41) is 6.55. The molecule has 0 atom stereocenters. The Kier molecular flexibility index (Phi) is 4.62. The van der Waals surface area contributed by atoms with Gasteiger partial charge >= 0.3 is 0 Å². The van der Waals surface area contributed by atoms with Crippen LogP contribution in [0.3, 0.4) is 0 Å². The molecule has 0 saturated carbocycles. The molecule has 0 aliphatic heterocycles. The van der Waals surface area contributed by atoms with Crippen molar-refractivity contribution in [3.8, 4) is 5.75 Å². The van der Waals surface area contributed by atoms with Gasteiger partial charge in [-0.1, -0.05) is 0 Å². The van der Waals surface area contributed by atoms with Crippen LogP contribution >= 0.6 is 0 Å². The fourth-order valence-corrected chi connectivity index (χ4v) is 0.966. The topological polar surface area (TPSA) is 65.4 Å². The van der Waals surface area contributed by atoms with E-state index in [2.05, 4.69) is 10.4 Å². The molecule has 15 heavy (non-hydrogen) atoms. The van der Waals surface area contributed by atoms with Crippen molar-refractivity contribution in [1.29, 1.82) is 0 Å². The van der Waals surface area contributed by atoms with Crippen molar-refractivity contribution < 1.29 is 14.3 Å². The Morgan fingerprint density at radius 3 is 3.07 bits per heavy atom. The molecule has 0 unspecified atom stereocenters. The number of carbonyl (C=O) groups excluding carboxylic acids is 1. The van der Waals surface area contributed by atoms with E-state index in [-0.39, 0.29) is 12.5 Å². The van der Waals surface area contributed by atoms with Gasteiger partial charge in [0, 0.05) is 20.7 Å². The van der Waals surface area contributed by atoms with Crippen LogP contribution in [0.1, 0.15) is 0 Å². The first-order chi connectivity index (χ1) is 7.22. The number of nitrogens with one attached hydrogen (secondary N) is 1. The molecule has 0 aliphatic rings. The molecule has 0 aromatic carbocycles. The van der Waals surface area contributed by atoms with Gasteiger partial charge in [-0.3, -0.25) is 9.48 Å². The number of aromatic nitrogens is 2. The number of carbonyl (C=O) groups is 1. The second-order valence-electron chi connectivity index (χ2n) is 2.98. The minimum Gasteiger partial charge on any atom is -0.480 e. The number of aryl methyl sites for hydroxylation is 1. The summed E-state index contributed by atoms with van der Waals surface area (Å²) in [5.74, 6) is 0.412. The van der Waals surface area contributed by atoms with Crippen molar-refractivity contribution in [2.75, 3.05) is 26.9 Å². The highest BCUT2D eigenvalue weighted by Gasteiger charge is 2.02. The number of ether oxygens (including phenoxy) is 2. The van der Waals surface area contributed by atoms with E-state index in [9.17, 15) is 4.79 Å². The number of nitrogens with zero attached hydrogens (tertiary/aromatic N) is 2. The van der Waals surface area contributed by atoms with Crippen LogP contribution in [-0.2, 0) is 16.6 Å². The molecule has 1 aromatic heterocycles. The van der Waals surface area contributed by atoms with E-state index in [1.165, 1.54) is 0 Å². The van der Waals surface area contributed by atoms with E-state index in [0.717, 1.165) is 0 Å². The van der Waals surface area contributed by atoms with E-state index in [1.54, 1.807) is 31.2 Å². The van der Waals surface area contributed by atoms with Crippen molar-refractivity contribution >= 4 is 5.91 Å². The fraction of sp³-hybridized carbons (Fsp3) is 0.556. The molecule has 0 radical (unpaired) electrons. The van der Waals surface area contributed by atoms with Crippen molar-refractivity contribution in [1.82, 2.24) is 15.1 Å². The minimum atomic E-state index is -0.170. The highest BCUT2D eigenvalue weighted by Crippen LogP contribution is 2.05. The molecule has 1 aromatic rings. The summed E-state index contributed by atoms with van der Waals surface area (Å²) in [6, 6.07) is 0. The fourth-order valence-electron chi connectivity index (χ4n) is 0.966. The molecular weight excluding hydrogens is 198 g/mol. The van der Waals surface area contributed by atoms with Crippen LogP contribution in [0.2, 0.25) is 0 Å². The van der Waals surface area contributed by atoms with Crippen LogP contribution in [0, 0.1) is 0 Å². The molecule has 0 bridgehead atoms. The van der Waals surface area contributed by atoms with E-state index in [0.29, 0.717) is 18.9 Å². The molecule has 6 nitrogen and oxygen atoms in total. The van der Waals surface area contributed by atoms with E-state index >= 15 is 0 Å². The Morgan fingerprint density at radius 2 is 2.47 bits per heavy atom. The van der Waals surface area contributed by atoms with Gasteiger partial charge in [-0.2, -0.15) is 5.10 Å². The molecule has 1 rings (SSSR count). The second kappa shape index (κ2) is 6.02. The Balaban J connectivity index is 2.16. The SMILES string of the molecule is COCCNC(=O)COc1cnn(C)c1. The molecule has 0 saturated heterocycles. The average molecular weight is 213 g/mol. The smallest absolute Gasteiger partial charge is 0.258 e. The lowest BCUT2D eigenvalue weighted by molar-refractivity contribution is -0.123. The van der Waals surface area contributed by atoms with Gasteiger partial charge in [0.2, 0.25) is 0 Å². The van der Waals surface area contributed by atoms with Crippen molar-refractivity contribution in [3.05, 3.63) is 12.4 Å². The van der Waals surface area contributed by atoms with Crippen molar-refractivity contribution in [3.63, 3.8) is 0 Å². The summed E-state index contributed by atoms with van der Waals surface area (Å²) < 4.78 is 11.6. The van der Waals surface area contributed by atoms with Gasteiger partial charge in [-0.25, -0.2) is 0 Å². The highest BCUT2D eigenvalue weighted by atomic mass is 16.5. The zero-order valence-corrected chi connectivity index (χ0v) is 8.90. The molecule has 6 heteroatoms. The lowest BCUT2D eigenvalue weighted by atomic mass is 10.5. The third-order valence-corrected chi connectivity index (χ3v) is 1.68. The monoisotopic (exact) mass is 213 g/mol. The number of amides is 1. The van der Waals surface area contributed by atoms with Crippen LogP contribution in [-0.4, -0.2) is 42.6 Å². The van der Waals surface area contributed by atoms with E-state index < -0.39 is 0 Å². The average Bonchev–Trinajstić information content (AvgIpc) is 2.62. The van der Waals surface area contributed by atoms with Crippen LogP contribution in [0.25, 0.3) is 0 Å². The van der Waals surface area contributed by atoms with E-state index in [1.807, 2.05) is 0 Å². The van der Waals surface area contributed by atoms with Gasteiger partial charge in [-0.15, -0.1) is 0 Å². The number of hydrogen-bond acceptors (Lipinski definition) is 4. The highest BCUT2D eigenvalue weighted by molar-refractivity contribution is 5.77. The Labute approximate surface area is 88.2 Å². The lowest BCUT2D eigenvalue weighted by Crippen LogP contribution is -2.31. The quantitative estimate of drug-likeness (QED) is 0.651. The maximum absolute atomic E-state index is 11.2. The summed E-state index contributed by atoms with van der Waals surface area (Å²) in [6.07, 6.45) is 3.25. The Bertz CT molecular complexity index is 311. The van der Waals surface area contributed by atoms with Gasteiger partial charge in [-0.05, 0) is 0 Å². The molecule has 0 fully saturated rings.